The molecule has 1 N–H and O–H groups in total. The monoisotopic (exact) mass is 197 g/mol. The van der Waals surface area contributed by atoms with Gasteiger partial charge in [-0.3, -0.25) is 4.79 Å². The molecule has 0 atom stereocenters. The van der Waals surface area contributed by atoms with Crippen LogP contribution in [-0.2, 0) is 4.79 Å². The molecule has 0 aliphatic carbocycles. The SMILES string of the molecule is CC(=O)N/C=C/c1ccc(F)cc1F. The first-order valence-electron chi connectivity index (χ1n) is 3.98. The van der Waals surface area contributed by atoms with Crippen LogP contribution in [0.4, 0.5) is 8.78 Å². The highest BCUT2D eigenvalue weighted by molar-refractivity contribution is 5.74. The van der Waals surface area contributed by atoms with E-state index in [0.29, 0.717) is 0 Å². The van der Waals surface area contributed by atoms with Gasteiger partial charge in [0.25, 0.3) is 0 Å². The summed E-state index contributed by atoms with van der Waals surface area (Å²) in [4.78, 5) is 10.5. The first kappa shape index (κ1) is 10.4. The maximum Gasteiger partial charge on any atom is 0.220 e. The van der Waals surface area contributed by atoms with Crippen molar-refractivity contribution < 1.29 is 13.6 Å². The minimum Gasteiger partial charge on any atom is -0.333 e. The van der Waals surface area contributed by atoms with E-state index in [4.69, 9.17) is 0 Å². The van der Waals surface area contributed by atoms with Gasteiger partial charge in [0, 0.05) is 24.8 Å². The first-order chi connectivity index (χ1) is 6.59. The molecule has 74 valence electrons. The lowest BCUT2D eigenvalue weighted by atomic mass is 10.2. The summed E-state index contributed by atoms with van der Waals surface area (Å²) in [6, 6.07) is 3.23. The van der Waals surface area contributed by atoms with E-state index in [-0.39, 0.29) is 11.5 Å². The molecule has 1 aromatic carbocycles. The number of amides is 1. The summed E-state index contributed by atoms with van der Waals surface area (Å²) in [5, 5.41) is 2.36. The number of nitrogens with one attached hydrogen (secondary N) is 1. The van der Waals surface area contributed by atoms with Gasteiger partial charge < -0.3 is 5.32 Å². The van der Waals surface area contributed by atoms with Crippen molar-refractivity contribution in [2.75, 3.05) is 0 Å². The van der Waals surface area contributed by atoms with Crippen molar-refractivity contribution in [1.82, 2.24) is 5.32 Å². The van der Waals surface area contributed by atoms with Crippen LogP contribution >= 0.6 is 0 Å². The molecule has 1 rings (SSSR count). The molecule has 0 bridgehead atoms. The second-order valence-corrected chi connectivity index (χ2v) is 2.70. The predicted octanol–water partition coefficient (Wildman–Crippen LogP) is 2.07. The van der Waals surface area contributed by atoms with E-state index < -0.39 is 11.6 Å². The summed E-state index contributed by atoms with van der Waals surface area (Å²) in [6.07, 6.45) is 2.66. The fraction of sp³-hybridized carbons (Fsp3) is 0.100. The van der Waals surface area contributed by atoms with Gasteiger partial charge in [0.1, 0.15) is 11.6 Å². The molecule has 1 amide bonds. The molecule has 0 aliphatic heterocycles. The molecule has 4 heteroatoms. The first-order valence-corrected chi connectivity index (χ1v) is 3.98. The van der Waals surface area contributed by atoms with Crippen molar-refractivity contribution >= 4 is 12.0 Å². The zero-order valence-corrected chi connectivity index (χ0v) is 7.55. The number of halogens is 2. The molecular weight excluding hydrogens is 188 g/mol. The largest absolute Gasteiger partial charge is 0.333 e. The third kappa shape index (κ3) is 2.97. The smallest absolute Gasteiger partial charge is 0.220 e. The Bertz CT molecular complexity index is 374. The minimum absolute atomic E-state index is 0.222. The van der Waals surface area contributed by atoms with Gasteiger partial charge in [-0.05, 0) is 18.2 Å². The topological polar surface area (TPSA) is 29.1 Å². The number of hydrogen-bond donors (Lipinski definition) is 1. The van der Waals surface area contributed by atoms with Gasteiger partial charge in [-0.1, -0.05) is 0 Å². The third-order valence-corrected chi connectivity index (χ3v) is 1.51. The van der Waals surface area contributed by atoms with E-state index >= 15 is 0 Å². The van der Waals surface area contributed by atoms with Crippen molar-refractivity contribution in [2.24, 2.45) is 0 Å². The van der Waals surface area contributed by atoms with Crippen molar-refractivity contribution in [2.45, 2.75) is 6.92 Å². The third-order valence-electron chi connectivity index (χ3n) is 1.51. The maximum atomic E-state index is 13.0. The van der Waals surface area contributed by atoms with Crippen LogP contribution in [0.5, 0.6) is 0 Å². The quantitative estimate of drug-likeness (QED) is 0.772. The van der Waals surface area contributed by atoms with E-state index in [1.54, 1.807) is 0 Å². The number of hydrogen-bond acceptors (Lipinski definition) is 1. The molecule has 2 nitrogen and oxygen atoms in total. The van der Waals surface area contributed by atoms with E-state index in [0.717, 1.165) is 12.1 Å². The van der Waals surface area contributed by atoms with Crippen LogP contribution in [0.15, 0.2) is 24.4 Å². The van der Waals surface area contributed by atoms with Crippen LogP contribution in [0.1, 0.15) is 12.5 Å². The van der Waals surface area contributed by atoms with Crippen LogP contribution in [0.25, 0.3) is 6.08 Å². The summed E-state index contributed by atoms with van der Waals surface area (Å²) in [5.41, 5.74) is 0.222. The van der Waals surface area contributed by atoms with Gasteiger partial charge in [-0.25, -0.2) is 8.78 Å². The Labute approximate surface area is 80.2 Å². The lowest BCUT2D eigenvalue weighted by Crippen LogP contribution is -2.11. The normalized spacial score (nSPS) is 10.5. The fourth-order valence-electron chi connectivity index (χ4n) is 0.885. The second kappa shape index (κ2) is 4.50. The van der Waals surface area contributed by atoms with Crippen LogP contribution in [0.2, 0.25) is 0 Å². The predicted molar refractivity (Wildman–Crippen MR) is 49.2 cm³/mol. The number of carbonyl (C=O) groups excluding carboxylic acids is 1. The van der Waals surface area contributed by atoms with Crippen molar-refractivity contribution in [3.8, 4) is 0 Å². The molecule has 0 spiro atoms. The Balaban J connectivity index is 2.76. The standard InChI is InChI=1S/C10H9F2NO/c1-7(14)13-5-4-8-2-3-9(11)6-10(8)12/h2-6H,1H3,(H,13,14)/b5-4+. The highest BCUT2D eigenvalue weighted by Gasteiger charge is 1.99. The number of benzene rings is 1. The lowest BCUT2D eigenvalue weighted by Gasteiger charge is -1.96. The van der Waals surface area contributed by atoms with E-state index in [1.165, 1.54) is 25.3 Å². The highest BCUT2D eigenvalue weighted by Crippen LogP contribution is 2.10. The highest BCUT2D eigenvalue weighted by atomic mass is 19.1. The van der Waals surface area contributed by atoms with Gasteiger partial charge in [-0.2, -0.15) is 0 Å². The summed E-state index contributed by atoms with van der Waals surface area (Å²) < 4.78 is 25.4. The van der Waals surface area contributed by atoms with Crippen LogP contribution in [0, 0.1) is 11.6 Å². The zero-order valence-electron chi connectivity index (χ0n) is 7.55. The Hall–Kier alpha value is -1.71. The second-order valence-electron chi connectivity index (χ2n) is 2.70. The summed E-state index contributed by atoms with van der Waals surface area (Å²) >= 11 is 0. The summed E-state index contributed by atoms with van der Waals surface area (Å²) in [7, 11) is 0. The van der Waals surface area contributed by atoms with Crippen LogP contribution in [0.3, 0.4) is 0 Å². The molecule has 14 heavy (non-hydrogen) atoms. The van der Waals surface area contributed by atoms with Gasteiger partial charge >= 0.3 is 0 Å². The number of carbonyl (C=O) groups is 1. The fourth-order valence-corrected chi connectivity index (χ4v) is 0.885. The van der Waals surface area contributed by atoms with Crippen molar-refractivity contribution in [3.63, 3.8) is 0 Å². The summed E-state index contributed by atoms with van der Waals surface area (Å²) in [5.74, 6) is -1.53. The molecule has 1 aromatic rings. The maximum absolute atomic E-state index is 13.0. The Morgan fingerprint density at radius 1 is 1.43 bits per heavy atom. The van der Waals surface area contributed by atoms with Crippen LogP contribution < -0.4 is 5.32 Å². The Morgan fingerprint density at radius 3 is 2.71 bits per heavy atom. The number of rotatable bonds is 2. The molecule has 0 heterocycles. The lowest BCUT2D eigenvalue weighted by molar-refractivity contribution is -0.118. The average Bonchev–Trinajstić information content (AvgIpc) is 2.08. The van der Waals surface area contributed by atoms with Crippen molar-refractivity contribution in [3.05, 3.63) is 41.6 Å². The molecule has 0 saturated carbocycles. The molecule has 0 fully saturated rings. The Kier molecular flexibility index (Phi) is 3.34. The van der Waals surface area contributed by atoms with Gasteiger partial charge in [-0.15, -0.1) is 0 Å². The molecule has 0 aromatic heterocycles. The molecular formula is C10H9F2NO. The zero-order chi connectivity index (χ0) is 10.6. The molecule has 0 saturated heterocycles. The molecule has 0 radical (unpaired) electrons. The summed E-state index contributed by atoms with van der Waals surface area (Å²) in [6.45, 7) is 1.34. The molecule has 0 aliphatic rings. The average molecular weight is 197 g/mol. The minimum atomic E-state index is -0.661. The van der Waals surface area contributed by atoms with Crippen LogP contribution in [-0.4, -0.2) is 5.91 Å². The van der Waals surface area contributed by atoms with Gasteiger partial charge in [0.15, 0.2) is 0 Å². The van der Waals surface area contributed by atoms with E-state index in [1.807, 2.05) is 0 Å². The Morgan fingerprint density at radius 2 is 2.14 bits per heavy atom. The van der Waals surface area contributed by atoms with E-state index in [2.05, 4.69) is 5.32 Å². The van der Waals surface area contributed by atoms with Crippen molar-refractivity contribution in [1.29, 1.82) is 0 Å². The van der Waals surface area contributed by atoms with Gasteiger partial charge in [0.2, 0.25) is 5.91 Å². The van der Waals surface area contributed by atoms with Gasteiger partial charge in [0.05, 0.1) is 0 Å². The van der Waals surface area contributed by atoms with E-state index in [9.17, 15) is 13.6 Å². The molecule has 0 unspecified atom stereocenters.